The van der Waals surface area contributed by atoms with E-state index in [9.17, 15) is 14.0 Å². The number of H-pyrrole nitrogens is 1. The van der Waals surface area contributed by atoms with Gasteiger partial charge in [0.15, 0.2) is 0 Å². The van der Waals surface area contributed by atoms with Gasteiger partial charge in [0.25, 0.3) is 11.5 Å². The molecular weight excluding hydrogens is 333 g/mol. The van der Waals surface area contributed by atoms with Crippen molar-refractivity contribution in [3.05, 3.63) is 75.5 Å². The Labute approximate surface area is 149 Å². The Bertz CT molecular complexity index is 1050. The number of nitrogens with one attached hydrogen (secondary N) is 1. The van der Waals surface area contributed by atoms with Gasteiger partial charge in [-0.25, -0.2) is 9.49 Å². The SMILES string of the molecule is CC1CN(C(=O)c2cc(Cc3n[nH]c(=O)c4ccccc34)ccc2F)C1. The fourth-order valence-electron chi connectivity index (χ4n) is 3.38. The third-order valence-electron chi connectivity index (χ3n) is 4.76. The van der Waals surface area contributed by atoms with E-state index in [1.165, 1.54) is 6.07 Å². The molecule has 0 saturated carbocycles. The Balaban J connectivity index is 1.68. The molecule has 132 valence electrons. The molecule has 1 amide bonds. The van der Waals surface area contributed by atoms with Crippen molar-refractivity contribution in [3.8, 4) is 0 Å². The molecule has 2 heterocycles. The number of nitrogens with zero attached hydrogens (tertiary/aromatic N) is 2. The molecule has 6 heteroatoms. The number of rotatable bonds is 3. The molecule has 1 aliphatic rings. The molecule has 0 bridgehead atoms. The second-order valence-corrected chi connectivity index (χ2v) is 6.85. The summed E-state index contributed by atoms with van der Waals surface area (Å²) < 4.78 is 14.2. The van der Waals surface area contributed by atoms with Crippen LogP contribution in [0, 0.1) is 11.7 Å². The monoisotopic (exact) mass is 351 g/mol. The van der Waals surface area contributed by atoms with Crippen molar-refractivity contribution in [2.75, 3.05) is 13.1 Å². The summed E-state index contributed by atoms with van der Waals surface area (Å²) in [6.07, 6.45) is 0.397. The van der Waals surface area contributed by atoms with Crippen molar-refractivity contribution in [2.45, 2.75) is 13.3 Å². The molecule has 0 aliphatic carbocycles. The minimum absolute atomic E-state index is 0.0862. The summed E-state index contributed by atoms with van der Waals surface area (Å²) in [7, 11) is 0. The summed E-state index contributed by atoms with van der Waals surface area (Å²) in [6.45, 7) is 3.38. The average Bonchev–Trinajstić information content (AvgIpc) is 2.62. The number of benzene rings is 2. The molecule has 3 aromatic rings. The maximum Gasteiger partial charge on any atom is 0.272 e. The molecule has 1 saturated heterocycles. The number of hydrogen-bond donors (Lipinski definition) is 1. The Morgan fingerprint density at radius 2 is 1.96 bits per heavy atom. The zero-order valence-corrected chi connectivity index (χ0v) is 14.3. The molecule has 1 fully saturated rings. The maximum atomic E-state index is 14.2. The van der Waals surface area contributed by atoms with E-state index in [2.05, 4.69) is 17.1 Å². The standard InChI is InChI=1S/C20H18FN3O2/c1-12-10-24(11-12)20(26)16-8-13(6-7-17(16)21)9-18-14-4-2-3-5-15(14)19(25)23-22-18/h2-8,12H,9-11H2,1H3,(H,23,25). The molecule has 2 aromatic carbocycles. The van der Waals surface area contributed by atoms with Crippen LogP contribution >= 0.6 is 0 Å². The molecule has 1 aromatic heterocycles. The number of likely N-dealkylation sites (tertiary alicyclic amines) is 1. The highest BCUT2D eigenvalue weighted by Gasteiger charge is 2.29. The quantitative estimate of drug-likeness (QED) is 0.789. The molecule has 1 N–H and O–H groups in total. The van der Waals surface area contributed by atoms with E-state index in [4.69, 9.17) is 0 Å². The lowest BCUT2D eigenvalue weighted by Crippen LogP contribution is -2.48. The van der Waals surface area contributed by atoms with E-state index in [1.54, 1.807) is 29.2 Å². The summed E-state index contributed by atoms with van der Waals surface area (Å²) >= 11 is 0. The second kappa shape index (κ2) is 6.37. The van der Waals surface area contributed by atoms with Gasteiger partial charge >= 0.3 is 0 Å². The van der Waals surface area contributed by atoms with Crippen LogP contribution in [-0.2, 0) is 6.42 Å². The molecule has 26 heavy (non-hydrogen) atoms. The van der Waals surface area contributed by atoms with Crippen LogP contribution in [0.15, 0.2) is 47.3 Å². The number of amides is 1. The van der Waals surface area contributed by atoms with Crippen molar-refractivity contribution < 1.29 is 9.18 Å². The van der Waals surface area contributed by atoms with E-state index in [0.717, 1.165) is 10.9 Å². The van der Waals surface area contributed by atoms with Gasteiger partial charge in [0.1, 0.15) is 5.82 Å². The molecule has 5 nitrogen and oxygen atoms in total. The van der Waals surface area contributed by atoms with Crippen LogP contribution in [0.3, 0.4) is 0 Å². The van der Waals surface area contributed by atoms with Crippen molar-refractivity contribution in [3.63, 3.8) is 0 Å². The number of hydrogen-bond acceptors (Lipinski definition) is 3. The summed E-state index contributed by atoms with van der Waals surface area (Å²) in [5.74, 6) is -0.332. The van der Waals surface area contributed by atoms with Crippen LogP contribution in [0.1, 0.15) is 28.5 Å². The minimum atomic E-state index is -0.516. The van der Waals surface area contributed by atoms with E-state index in [0.29, 0.717) is 36.5 Å². The molecule has 1 aliphatic heterocycles. The van der Waals surface area contributed by atoms with Gasteiger partial charge in [0, 0.05) is 24.9 Å². The van der Waals surface area contributed by atoms with Crippen molar-refractivity contribution in [2.24, 2.45) is 5.92 Å². The zero-order chi connectivity index (χ0) is 18.3. The van der Waals surface area contributed by atoms with E-state index < -0.39 is 5.82 Å². The summed E-state index contributed by atoms with van der Waals surface area (Å²) in [4.78, 5) is 26.0. The van der Waals surface area contributed by atoms with E-state index in [-0.39, 0.29) is 17.0 Å². The Kier molecular flexibility index (Phi) is 4.03. The number of aromatic nitrogens is 2. The van der Waals surface area contributed by atoms with Crippen molar-refractivity contribution in [1.29, 1.82) is 0 Å². The normalized spacial score (nSPS) is 14.5. The zero-order valence-electron chi connectivity index (χ0n) is 14.3. The average molecular weight is 351 g/mol. The summed E-state index contributed by atoms with van der Waals surface area (Å²) in [5.41, 5.74) is 1.30. The first kappa shape index (κ1) is 16.4. The van der Waals surface area contributed by atoms with Gasteiger partial charge in [-0.15, -0.1) is 0 Å². The first-order valence-electron chi connectivity index (χ1n) is 8.57. The number of fused-ring (bicyclic) bond motifs is 1. The third kappa shape index (κ3) is 2.87. The van der Waals surface area contributed by atoms with Gasteiger partial charge in [-0.2, -0.15) is 5.10 Å². The lowest BCUT2D eigenvalue weighted by molar-refractivity contribution is 0.0525. The molecule has 0 unspecified atom stereocenters. The van der Waals surface area contributed by atoms with Gasteiger partial charge in [-0.1, -0.05) is 31.2 Å². The first-order valence-corrected chi connectivity index (χ1v) is 8.57. The van der Waals surface area contributed by atoms with Crippen LogP contribution in [-0.4, -0.2) is 34.1 Å². The van der Waals surface area contributed by atoms with Gasteiger partial charge in [0.05, 0.1) is 16.6 Å². The topological polar surface area (TPSA) is 66.1 Å². The minimum Gasteiger partial charge on any atom is -0.338 e. The van der Waals surface area contributed by atoms with Crippen LogP contribution in [0.4, 0.5) is 4.39 Å². The smallest absolute Gasteiger partial charge is 0.272 e. The maximum absolute atomic E-state index is 14.2. The van der Waals surface area contributed by atoms with Crippen molar-refractivity contribution >= 4 is 16.7 Å². The van der Waals surface area contributed by atoms with Gasteiger partial charge in [-0.05, 0) is 29.7 Å². The van der Waals surface area contributed by atoms with E-state index in [1.807, 2.05) is 12.1 Å². The highest BCUT2D eigenvalue weighted by molar-refractivity contribution is 5.95. The largest absolute Gasteiger partial charge is 0.338 e. The molecule has 0 spiro atoms. The first-order chi connectivity index (χ1) is 12.5. The Morgan fingerprint density at radius 3 is 2.69 bits per heavy atom. The number of aromatic amines is 1. The number of halogens is 1. The molecule has 0 radical (unpaired) electrons. The van der Waals surface area contributed by atoms with Gasteiger partial charge in [0.2, 0.25) is 0 Å². The predicted molar refractivity (Wildman–Crippen MR) is 96.6 cm³/mol. The lowest BCUT2D eigenvalue weighted by atomic mass is 9.99. The predicted octanol–water partition coefficient (Wildman–Crippen LogP) is 2.74. The third-order valence-corrected chi connectivity index (χ3v) is 4.76. The van der Waals surface area contributed by atoms with Gasteiger partial charge < -0.3 is 4.90 Å². The molecule has 0 atom stereocenters. The Morgan fingerprint density at radius 1 is 1.23 bits per heavy atom. The molecular formula is C20H18FN3O2. The van der Waals surface area contributed by atoms with Crippen LogP contribution in [0.2, 0.25) is 0 Å². The fourth-order valence-corrected chi connectivity index (χ4v) is 3.38. The highest BCUT2D eigenvalue weighted by Crippen LogP contribution is 2.22. The number of carbonyl (C=O) groups is 1. The van der Waals surface area contributed by atoms with Gasteiger partial charge in [-0.3, -0.25) is 9.59 Å². The fraction of sp³-hybridized carbons (Fsp3) is 0.250. The van der Waals surface area contributed by atoms with Crippen molar-refractivity contribution in [1.82, 2.24) is 15.1 Å². The van der Waals surface area contributed by atoms with Crippen LogP contribution in [0.25, 0.3) is 10.8 Å². The van der Waals surface area contributed by atoms with Crippen LogP contribution < -0.4 is 5.56 Å². The summed E-state index contributed by atoms with van der Waals surface area (Å²) in [5, 5.41) is 7.96. The molecule has 4 rings (SSSR count). The summed E-state index contributed by atoms with van der Waals surface area (Å²) in [6, 6.07) is 11.8. The van der Waals surface area contributed by atoms with E-state index >= 15 is 0 Å². The Hall–Kier alpha value is -3.02. The number of carbonyl (C=O) groups excluding carboxylic acids is 1. The van der Waals surface area contributed by atoms with Crippen LogP contribution in [0.5, 0.6) is 0 Å². The second-order valence-electron chi connectivity index (χ2n) is 6.85. The lowest BCUT2D eigenvalue weighted by Gasteiger charge is -2.37. The highest BCUT2D eigenvalue weighted by atomic mass is 19.1.